The standard InChI is InChI=1S/C15H23ClFN/c1-5-8-18-11(2)10-15(3,4)13-9-12(17)6-7-14(13)16/h6-7,9,11,18H,5,8,10H2,1-4H3. The molecule has 1 atom stereocenters. The topological polar surface area (TPSA) is 12.0 Å². The van der Waals surface area contributed by atoms with Gasteiger partial charge >= 0.3 is 0 Å². The number of rotatable bonds is 6. The predicted molar refractivity (Wildman–Crippen MR) is 76.8 cm³/mol. The van der Waals surface area contributed by atoms with Crippen molar-refractivity contribution in [2.24, 2.45) is 0 Å². The van der Waals surface area contributed by atoms with E-state index in [0.29, 0.717) is 11.1 Å². The molecule has 0 aromatic heterocycles. The predicted octanol–water partition coefficient (Wildman–Crippen LogP) is 4.53. The Bertz CT molecular complexity index is 390. The number of hydrogen-bond donors (Lipinski definition) is 1. The van der Waals surface area contributed by atoms with Gasteiger partial charge in [0.2, 0.25) is 0 Å². The molecule has 0 saturated heterocycles. The second kappa shape index (κ2) is 6.53. The summed E-state index contributed by atoms with van der Waals surface area (Å²) in [5, 5.41) is 4.10. The molecule has 1 unspecified atom stereocenters. The lowest BCUT2D eigenvalue weighted by Gasteiger charge is -2.30. The molecule has 0 aliphatic carbocycles. The molecular formula is C15H23ClFN. The maximum Gasteiger partial charge on any atom is 0.123 e. The highest BCUT2D eigenvalue weighted by Gasteiger charge is 2.25. The van der Waals surface area contributed by atoms with Crippen LogP contribution in [0, 0.1) is 5.82 Å². The molecule has 0 aliphatic heterocycles. The first kappa shape index (κ1) is 15.5. The van der Waals surface area contributed by atoms with Gasteiger partial charge in [-0.1, -0.05) is 32.4 Å². The summed E-state index contributed by atoms with van der Waals surface area (Å²) in [4.78, 5) is 0. The SMILES string of the molecule is CCCNC(C)CC(C)(C)c1cc(F)ccc1Cl. The zero-order valence-electron chi connectivity index (χ0n) is 11.7. The molecule has 0 heterocycles. The first-order valence-electron chi connectivity index (χ1n) is 6.55. The third-order valence-corrected chi connectivity index (χ3v) is 3.55. The third-order valence-electron chi connectivity index (χ3n) is 3.22. The summed E-state index contributed by atoms with van der Waals surface area (Å²) in [6, 6.07) is 4.98. The lowest BCUT2D eigenvalue weighted by Crippen LogP contribution is -2.33. The van der Waals surface area contributed by atoms with E-state index >= 15 is 0 Å². The molecule has 0 fully saturated rings. The van der Waals surface area contributed by atoms with E-state index in [0.717, 1.165) is 24.9 Å². The summed E-state index contributed by atoms with van der Waals surface area (Å²) in [6.45, 7) is 9.53. The Kier molecular flexibility index (Phi) is 5.61. The third kappa shape index (κ3) is 4.25. The highest BCUT2D eigenvalue weighted by molar-refractivity contribution is 6.31. The molecule has 1 aromatic carbocycles. The molecule has 18 heavy (non-hydrogen) atoms. The van der Waals surface area contributed by atoms with E-state index in [-0.39, 0.29) is 11.2 Å². The van der Waals surface area contributed by atoms with E-state index in [1.807, 2.05) is 0 Å². The number of benzene rings is 1. The van der Waals surface area contributed by atoms with E-state index < -0.39 is 0 Å². The van der Waals surface area contributed by atoms with Crippen LogP contribution in [0.3, 0.4) is 0 Å². The minimum Gasteiger partial charge on any atom is -0.314 e. The van der Waals surface area contributed by atoms with Gasteiger partial charge in [0.25, 0.3) is 0 Å². The van der Waals surface area contributed by atoms with E-state index in [1.54, 1.807) is 12.1 Å². The van der Waals surface area contributed by atoms with Crippen LogP contribution in [0.1, 0.15) is 46.1 Å². The van der Waals surface area contributed by atoms with E-state index in [1.165, 1.54) is 6.07 Å². The van der Waals surface area contributed by atoms with Crippen molar-refractivity contribution in [2.75, 3.05) is 6.54 Å². The molecule has 1 aromatic rings. The molecule has 102 valence electrons. The normalized spacial score (nSPS) is 13.7. The van der Waals surface area contributed by atoms with Crippen molar-refractivity contribution in [1.29, 1.82) is 0 Å². The van der Waals surface area contributed by atoms with Crippen LogP contribution in [0.5, 0.6) is 0 Å². The number of halogens is 2. The smallest absolute Gasteiger partial charge is 0.123 e. The summed E-state index contributed by atoms with van der Waals surface area (Å²) < 4.78 is 13.3. The van der Waals surface area contributed by atoms with Crippen LogP contribution in [-0.2, 0) is 5.41 Å². The monoisotopic (exact) mass is 271 g/mol. The summed E-state index contributed by atoms with van der Waals surface area (Å²) >= 11 is 6.18. The second-order valence-electron chi connectivity index (χ2n) is 5.57. The fourth-order valence-corrected chi connectivity index (χ4v) is 2.73. The van der Waals surface area contributed by atoms with Crippen LogP contribution in [0.4, 0.5) is 4.39 Å². The van der Waals surface area contributed by atoms with Gasteiger partial charge in [-0.3, -0.25) is 0 Å². The Morgan fingerprint density at radius 2 is 2.06 bits per heavy atom. The van der Waals surface area contributed by atoms with Crippen LogP contribution < -0.4 is 5.32 Å². The zero-order valence-corrected chi connectivity index (χ0v) is 12.4. The average molecular weight is 272 g/mol. The van der Waals surface area contributed by atoms with Gasteiger partial charge in [-0.05, 0) is 55.5 Å². The maximum atomic E-state index is 13.3. The Morgan fingerprint density at radius 1 is 1.39 bits per heavy atom. The lowest BCUT2D eigenvalue weighted by atomic mass is 9.79. The number of hydrogen-bond acceptors (Lipinski definition) is 1. The highest BCUT2D eigenvalue weighted by Crippen LogP contribution is 2.34. The van der Waals surface area contributed by atoms with Crippen molar-refractivity contribution in [2.45, 2.75) is 52.0 Å². The average Bonchev–Trinajstić information content (AvgIpc) is 2.29. The van der Waals surface area contributed by atoms with E-state index in [2.05, 4.69) is 33.0 Å². The van der Waals surface area contributed by atoms with Gasteiger partial charge in [0, 0.05) is 11.1 Å². The molecule has 0 amide bonds. The van der Waals surface area contributed by atoms with Crippen LogP contribution >= 0.6 is 11.6 Å². The van der Waals surface area contributed by atoms with Crippen molar-refractivity contribution in [1.82, 2.24) is 5.32 Å². The first-order chi connectivity index (χ1) is 8.36. The lowest BCUT2D eigenvalue weighted by molar-refractivity contribution is 0.388. The minimum atomic E-state index is -0.225. The van der Waals surface area contributed by atoms with Crippen LogP contribution in [0.2, 0.25) is 5.02 Å². The zero-order chi connectivity index (χ0) is 13.8. The summed E-state index contributed by atoms with van der Waals surface area (Å²) in [6.07, 6.45) is 2.04. The Morgan fingerprint density at radius 3 is 2.67 bits per heavy atom. The van der Waals surface area contributed by atoms with Crippen molar-refractivity contribution < 1.29 is 4.39 Å². The highest BCUT2D eigenvalue weighted by atomic mass is 35.5. The Hall–Kier alpha value is -0.600. The largest absolute Gasteiger partial charge is 0.314 e. The molecule has 0 bridgehead atoms. The van der Waals surface area contributed by atoms with Crippen LogP contribution in [0.15, 0.2) is 18.2 Å². The molecule has 1 N–H and O–H groups in total. The molecule has 1 nitrogen and oxygen atoms in total. The van der Waals surface area contributed by atoms with Gasteiger partial charge in [-0.25, -0.2) is 4.39 Å². The van der Waals surface area contributed by atoms with E-state index in [4.69, 9.17) is 11.6 Å². The van der Waals surface area contributed by atoms with Gasteiger partial charge in [0.1, 0.15) is 5.82 Å². The molecule has 0 radical (unpaired) electrons. The van der Waals surface area contributed by atoms with Gasteiger partial charge in [0.05, 0.1) is 0 Å². The summed E-state index contributed by atoms with van der Waals surface area (Å²) in [7, 11) is 0. The van der Waals surface area contributed by atoms with Gasteiger partial charge in [-0.2, -0.15) is 0 Å². The van der Waals surface area contributed by atoms with Crippen molar-refractivity contribution in [3.8, 4) is 0 Å². The fraction of sp³-hybridized carbons (Fsp3) is 0.600. The van der Waals surface area contributed by atoms with Gasteiger partial charge < -0.3 is 5.32 Å². The molecule has 0 spiro atoms. The fourth-order valence-electron chi connectivity index (χ4n) is 2.35. The first-order valence-corrected chi connectivity index (χ1v) is 6.93. The number of nitrogens with one attached hydrogen (secondary N) is 1. The van der Waals surface area contributed by atoms with Crippen molar-refractivity contribution in [3.63, 3.8) is 0 Å². The molecular weight excluding hydrogens is 249 g/mol. The molecule has 0 saturated carbocycles. The van der Waals surface area contributed by atoms with Crippen LogP contribution in [-0.4, -0.2) is 12.6 Å². The minimum absolute atomic E-state index is 0.140. The van der Waals surface area contributed by atoms with Crippen molar-refractivity contribution >= 4 is 11.6 Å². The molecule has 0 aliphatic rings. The summed E-state index contributed by atoms with van der Waals surface area (Å²) in [5.74, 6) is -0.225. The van der Waals surface area contributed by atoms with E-state index in [9.17, 15) is 4.39 Å². The molecule has 3 heteroatoms. The molecule has 1 rings (SSSR count). The second-order valence-corrected chi connectivity index (χ2v) is 5.97. The van der Waals surface area contributed by atoms with Crippen molar-refractivity contribution in [3.05, 3.63) is 34.6 Å². The van der Waals surface area contributed by atoms with Gasteiger partial charge in [-0.15, -0.1) is 0 Å². The van der Waals surface area contributed by atoms with Gasteiger partial charge in [0.15, 0.2) is 0 Å². The van der Waals surface area contributed by atoms with Crippen LogP contribution in [0.25, 0.3) is 0 Å². The Labute approximate surface area is 115 Å². The maximum absolute atomic E-state index is 13.3. The quantitative estimate of drug-likeness (QED) is 0.801. The Balaban J connectivity index is 2.81. The summed E-state index contributed by atoms with van der Waals surface area (Å²) in [5.41, 5.74) is 0.744.